The molecule has 1 amide bonds. The Hall–Kier alpha value is -3.13. The highest BCUT2D eigenvalue weighted by atomic mass is 127. The van der Waals surface area contributed by atoms with Crippen molar-refractivity contribution in [1.29, 1.82) is 0 Å². The van der Waals surface area contributed by atoms with Crippen molar-refractivity contribution in [2.45, 2.75) is 0 Å². The normalized spacial score (nSPS) is 15.0. The lowest BCUT2D eigenvalue weighted by molar-refractivity contribution is -0.114. The second kappa shape index (κ2) is 8.08. The molecule has 0 radical (unpaired) electrons. The van der Waals surface area contributed by atoms with Crippen molar-refractivity contribution < 1.29 is 14.6 Å². The molecule has 3 aromatic carbocycles. The van der Waals surface area contributed by atoms with Gasteiger partial charge in [0, 0.05) is 5.56 Å². The molecule has 29 heavy (non-hydrogen) atoms. The van der Waals surface area contributed by atoms with Gasteiger partial charge in [-0.15, -0.1) is 0 Å². The number of ether oxygens (including phenoxy) is 1. The number of rotatable bonds is 4. The molecular weight excluding hydrogens is 479 g/mol. The highest BCUT2D eigenvalue weighted by Gasteiger charge is 2.32. The summed E-state index contributed by atoms with van der Waals surface area (Å²) in [6.45, 7) is 0. The number of phenols is 1. The molecule has 5 nitrogen and oxygen atoms in total. The average molecular weight is 496 g/mol. The Bertz CT molecular complexity index is 1130. The third-order valence-corrected chi connectivity index (χ3v) is 5.33. The SMILES string of the molecule is COc1cc(/C=C2\C(=O)N(c3ccccc3)N=C2c2ccccc2)cc(I)c1O. The van der Waals surface area contributed by atoms with Gasteiger partial charge in [0.1, 0.15) is 5.71 Å². The molecule has 1 heterocycles. The van der Waals surface area contributed by atoms with Crippen LogP contribution in [0.15, 0.2) is 83.5 Å². The topological polar surface area (TPSA) is 62.1 Å². The van der Waals surface area contributed by atoms with E-state index in [1.807, 2.05) is 83.3 Å². The molecule has 0 aliphatic carbocycles. The zero-order chi connectivity index (χ0) is 20.4. The third-order valence-electron chi connectivity index (χ3n) is 4.51. The Labute approximate surface area is 182 Å². The van der Waals surface area contributed by atoms with Gasteiger partial charge in [0.05, 0.1) is 21.9 Å². The summed E-state index contributed by atoms with van der Waals surface area (Å²) in [5.74, 6) is 0.222. The number of nitrogens with zero attached hydrogens (tertiary/aromatic N) is 2. The highest BCUT2D eigenvalue weighted by Crippen LogP contribution is 2.34. The van der Waals surface area contributed by atoms with E-state index in [1.165, 1.54) is 12.1 Å². The van der Waals surface area contributed by atoms with Crippen LogP contribution in [0.5, 0.6) is 11.5 Å². The summed E-state index contributed by atoms with van der Waals surface area (Å²) in [5, 5.41) is 16.1. The monoisotopic (exact) mass is 496 g/mol. The zero-order valence-corrected chi connectivity index (χ0v) is 17.7. The van der Waals surface area contributed by atoms with Crippen molar-refractivity contribution >= 4 is 46.0 Å². The minimum absolute atomic E-state index is 0.0795. The van der Waals surface area contributed by atoms with Crippen LogP contribution in [0, 0.1) is 3.57 Å². The Morgan fingerprint density at radius 1 is 1.03 bits per heavy atom. The van der Waals surface area contributed by atoms with Gasteiger partial charge in [0.15, 0.2) is 11.5 Å². The molecule has 0 saturated heterocycles. The number of aromatic hydroxyl groups is 1. The van der Waals surface area contributed by atoms with Gasteiger partial charge in [0.25, 0.3) is 5.91 Å². The molecule has 0 aromatic heterocycles. The molecule has 3 aromatic rings. The smallest absolute Gasteiger partial charge is 0.281 e. The van der Waals surface area contributed by atoms with Gasteiger partial charge in [-0.05, 0) is 58.5 Å². The molecule has 1 aliphatic rings. The van der Waals surface area contributed by atoms with Gasteiger partial charge in [-0.2, -0.15) is 10.1 Å². The standard InChI is InChI=1S/C23H17IN2O3/c1-29-20-14-15(13-19(24)22(20)27)12-18-21(16-8-4-2-5-9-16)25-26(23(18)28)17-10-6-3-7-11-17/h2-14,27H,1H3/b18-12-. The maximum atomic E-state index is 13.3. The van der Waals surface area contributed by atoms with Crippen LogP contribution in [0.2, 0.25) is 0 Å². The van der Waals surface area contributed by atoms with Crippen LogP contribution < -0.4 is 9.75 Å². The van der Waals surface area contributed by atoms with Gasteiger partial charge in [-0.1, -0.05) is 48.5 Å². The van der Waals surface area contributed by atoms with Crippen molar-refractivity contribution in [3.05, 3.63) is 93.1 Å². The lowest BCUT2D eigenvalue weighted by Crippen LogP contribution is -2.21. The van der Waals surface area contributed by atoms with Crippen LogP contribution in [0.4, 0.5) is 5.69 Å². The first kappa shape index (κ1) is 19.2. The molecule has 1 aliphatic heterocycles. The molecule has 0 unspecified atom stereocenters. The summed E-state index contributed by atoms with van der Waals surface area (Å²) in [7, 11) is 1.50. The van der Waals surface area contributed by atoms with Crippen molar-refractivity contribution in [2.75, 3.05) is 12.1 Å². The van der Waals surface area contributed by atoms with Gasteiger partial charge in [-0.3, -0.25) is 4.79 Å². The Morgan fingerprint density at radius 3 is 2.34 bits per heavy atom. The first-order valence-electron chi connectivity index (χ1n) is 8.90. The summed E-state index contributed by atoms with van der Waals surface area (Å²) >= 11 is 2.04. The molecule has 0 bridgehead atoms. The number of hydrazone groups is 1. The summed E-state index contributed by atoms with van der Waals surface area (Å²) in [5.41, 5.74) is 3.37. The quantitative estimate of drug-likeness (QED) is 0.416. The number of amides is 1. The predicted molar refractivity (Wildman–Crippen MR) is 122 cm³/mol. The van der Waals surface area contributed by atoms with Crippen LogP contribution in [-0.2, 0) is 4.79 Å². The fourth-order valence-corrected chi connectivity index (χ4v) is 3.72. The van der Waals surface area contributed by atoms with E-state index in [4.69, 9.17) is 4.74 Å². The Kier molecular flexibility index (Phi) is 5.35. The molecule has 0 saturated carbocycles. The molecule has 144 valence electrons. The van der Waals surface area contributed by atoms with Crippen molar-refractivity contribution in [3.63, 3.8) is 0 Å². The fourth-order valence-electron chi connectivity index (χ4n) is 3.10. The zero-order valence-electron chi connectivity index (χ0n) is 15.5. The lowest BCUT2D eigenvalue weighted by Gasteiger charge is -2.11. The summed E-state index contributed by atoms with van der Waals surface area (Å²) < 4.78 is 5.89. The van der Waals surface area contributed by atoms with Gasteiger partial charge < -0.3 is 9.84 Å². The predicted octanol–water partition coefficient (Wildman–Crippen LogP) is 4.84. The number of phenolic OH excluding ortho intramolecular Hbond substituents is 1. The molecular formula is C23H17IN2O3. The molecule has 0 spiro atoms. The second-order valence-electron chi connectivity index (χ2n) is 6.38. The number of halogens is 1. The molecule has 6 heteroatoms. The first-order chi connectivity index (χ1) is 14.1. The van der Waals surface area contributed by atoms with E-state index in [2.05, 4.69) is 5.10 Å². The second-order valence-corrected chi connectivity index (χ2v) is 7.54. The van der Waals surface area contributed by atoms with Crippen molar-refractivity contribution in [3.8, 4) is 11.5 Å². The fraction of sp³-hybridized carbons (Fsp3) is 0.0435. The molecule has 0 fully saturated rings. The number of carbonyl (C=O) groups is 1. The Balaban J connectivity index is 1.85. The molecule has 4 rings (SSSR count). The minimum atomic E-state index is -0.211. The summed E-state index contributed by atoms with van der Waals surface area (Å²) in [6, 6.07) is 22.4. The average Bonchev–Trinajstić information content (AvgIpc) is 3.08. The van der Waals surface area contributed by atoms with E-state index < -0.39 is 0 Å². The van der Waals surface area contributed by atoms with Gasteiger partial charge >= 0.3 is 0 Å². The maximum Gasteiger partial charge on any atom is 0.281 e. The van der Waals surface area contributed by atoms with Gasteiger partial charge in [-0.25, -0.2) is 0 Å². The van der Waals surface area contributed by atoms with Crippen molar-refractivity contribution in [2.24, 2.45) is 5.10 Å². The van der Waals surface area contributed by atoms with Crippen LogP contribution in [-0.4, -0.2) is 23.8 Å². The van der Waals surface area contributed by atoms with Crippen LogP contribution in [0.25, 0.3) is 6.08 Å². The van der Waals surface area contributed by atoms with Crippen LogP contribution in [0.3, 0.4) is 0 Å². The largest absolute Gasteiger partial charge is 0.504 e. The molecule has 0 atom stereocenters. The van der Waals surface area contributed by atoms with E-state index in [9.17, 15) is 9.90 Å². The number of anilines is 1. The number of hydrogen-bond donors (Lipinski definition) is 1. The van der Waals surface area contributed by atoms with Crippen LogP contribution >= 0.6 is 22.6 Å². The number of benzene rings is 3. The van der Waals surface area contributed by atoms with Gasteiger partial charge in [0.2, 0.25) is 0 Å². The van der Waals surface area contributed by atoms with Crippen LogP contribution in [0.1, 0.15) is 11.1 Å². The maximum absolute atomic E-state index is 13.3. The third kappa shape index (κ3) is 3.75. The number of methoxy groups -OCH3 is 1. The van der Waals surface area contributed by atoms with E-state index in [-0.39, 0.29) is 11.7 Å². The van der Waals surface area contributed by atoms with Crippen molar-refractivity contribution in [1.82, 2.24) is 0 Å². The Morgan fingerprint density at radius 2 is 1.69 bits per heavy atom. The number of para-hydroxylation sites is 1. The number of hydrogen-bond acceptors (Lipinski definition) is 4. The van der Waals surface area contributed by atoms with E-state index >= 15 is 0 Å². The minimum Gasteiger partial charge on any atom is -0.504 e. The van der Waals surface area contributed by atoms with E-state index in [0.717, 1.165) is 11.1 Å². The summed E-state index contributed by atoms with van der Waals surface area (Å²) in [4.78, 5) is 13.3. The molecule has 1 N–H and O–H groups in total. The highest BCUT2D eigenvalue weighted by molar-refractivity contribution is 14.1. The first-order valence-corrected chi connectivity index (χ1v) is 9.98. The number of carbonyl (C=O) groups excluding carboxylic acids is 1. The summed E-state index contributed by atoms with van der Waals surface area (Å²) in [6.07, 6.45) is 1.78. The van der Waals surface area contributed by atoms with E-state index in [1.54, 1.807) is 18.2 Å². The lowest BCUT2D eigenvalue weighted by atomic mass is 10.00. The van der Waals surface area contributed by atoms with E-state index in [0.29, 0.717) is 26.3 Å².